The summed E-state index contributed by atoms with van der Waals surface area (Å²) in [7, 11) is 0. The molecule has 0 saturated heterocycles. The summed E-state index contributed by atoms with van der Waals surface area (Å²) < 4.78 is 0. The Morgan fingerprint density at radius 1 is 1.36 bits per heavy atom. The summed E-state index contributed by atoms with van der Waals surface area (Å²) >= 11 is 0. The van der Waals surface area contributed by atoms with Gasteiger partial charge in [0.05, 0.1) is 12.2 Å². The van der Waals surface area contributed by atoms with Crippen LogP contribution < -0.4 is 0 Å². The van der Waals surface area contributed by atoms with Gasteiger partial charge in [0.2, 0.25) is 0 Å². The molecular weight excluding hydrogens is 176 g/mol. The van der Waals surface area contributed by atoms with Crippen LogP contribution in [-0.2, 0) is 0 Å². The fourth-order valence-electron chi connectivity index (χ4n) is 2.05. The van der Waals surface area contributed by atoms with Crippen LogP contribution in [0.4, 0.5) is 0 Å². The summed E-state index contributed by atoms with van der Waals surface area (Å²) in [6, 6.07) is 0. The Kier molecular flexibility index (Phi) is 4.44. The lowest BCUT2D eigenvalue weighted by Gasteiger charge is -2.15. The lowest BCUT2D eigenvalue weighted by atomic mass is 10.0. The SMILES string of the molecule is C#CC[C@@H](O)[C@H](O)CC1CC1CCC. The molecule has 0 bridgehead atoms. The van der Waals surface area contributed by atoms with Gasteiger partial charge in [-0.15, -0.1) is 12.3 Å². The minimum absolute atomic E-state index is 0.256. The highest BCUT2D eigenvalue weighted by atomic mass is 16.3. The van der Waals surface area contributed by atoms with Crippen molar-refractivity contribution < 1.29 is 10.2 Å². The monoisotopic (exact) mass is 196 g/mol. The maximum Gasteiger partial charge on any atom is 0.0907 e. The van der Waals surface area contributed by atoms with E-state index < -0.39 is 12.2 Å². The fourth-order valence-corrected chi connectivity index (χ4v) is 2.05. The van der Waals surface area contributed by atoms with Gasteiger partial charge in [-0.25, -0.2) is 0 Å². The van der Waals surface area contributed by atoms with Gasteiger partial charge in [0.15, 0.2) is 0 Å². The van der Waals surface area contributed by atoms with E-state index >= 15 is 0 Å². The topological polar surface area (TPSA) is 40.5 Å². The van der Waals surface area contributed by atoms with E-state index in [9.17, 15) is 10.2 Å². The smallest absolute Gasteiger partial charge is 0.0907 e. The Bertz CT molecular complexity index is 207. The molecular formula is C12H20O2. The van der Waals surface area contributed by atoms with E-state index in [1.807, 2.05) is 0 Å². The molecule has 0 heterocycles. The minimum atomic E-state index is -0.733. The van der Waals surface area contributed by atoms with Crippen LogP contribution in [0.1, 0.15) is 39.0 Å². The highest BCUT2D eigenvalue weighted by Gasteiger charge is 2.38. The molecule has 2 N–H and O–H groups in total. The molecule has 2 unspecified atom stereocenters. The summed E-state index contributed by atoms with van der Waals surface area (Å²) in [5.41, 5.74) is 0. The Labute approximate surface area is 86.3 Å². The lowest BCUT2D eigenvalue weighted by molar-refractivity contribution is 0.0138. The van der Waals surface area contributed by atoms with Crippen molar-refractivity contribution in [3.8, 4) is 12.3 Å². The minimum Gasteiger partial charge on any atom is -0.390 e. The Morgan fingerprint density at radius 3 is 2.64 bits per heavy atom. The zero-order valence-electron chi connectivity index (χ0n) is 8.82. The van der Waals surface area contributed by atoms with Gasteiger partial charge >= 0.3 is 0 Å². The summed E-state index contributed by atoms with van der Waals surface area (Å²) in [4.78, 5) is 0. The Hall–Kier alpha value is -0.520. The zero-order valence-corrected chi connectivity index (χ0v) is 8.82. The molecule has 1 aliphatic rings. The quantitative estimate of drug-likeness (QED) is 0.633. The van der Waals surface area contributed by atoms with Crippen molar-refractivity contribution in [2.45, 2.75) is 51.2 Å². The number of hydrogen-bond acceptors (Lipinski definition) is 2. The van der Waals surface area contributed by atoms with Gasteiger partial charge in [0.1, 0.15) is 0 Å². The highest BCUT2D eigenvalue weighted by Crippen LogP contribution is 2.45. The maximum absolute atomic E-state index is 9.60. The molecule has 0 aromatic carbocycles. The standard InChI is InChI=1S/C12H20O2/c1-3-5-9-7-10(9)8-12(14)11(13)6-4-2/h2,9-14H,3,5-8H2,1H3/t9?,10?,11-,12-/m1/s1. The van der Waals surface area contributed by atoms with Crippen molar-refractivity contribution >= 4 is 0 Å². The Balaban J connectivity index is 2.16. The molecule has 4 atom stereocenters. The second-order valence-corrected chi connectivity index (χ2v) is 4.32. The zero-order chi connectivity index (χ0) is 10.6. The van der Waals surface area contributed by atoms with Crippen LogP contribution in [0.25, 0.3) is 0 Å². The molecule has 0 amide bonds. The van der Waals surface area contributed by atoms with Gasteiger partial charge in [-0.2, -0.15) is 0 Å². The molecule has 0 spiro atoms. The van der Waals surface area contributed by atoms with Gasteiger partial charge in [0.25, 0.3) is 0 Å². The molecule has 1 saturated carbocycles. The van der Waals surface area contributed by atoms with Crippen molar-refractivity contribution in [2.75, 3.05) is 0 Å². The second kappa shape index (κ2) is 5.38. The van der Waals surface area contributed by atoms with Crippen LogP contribution in [0.2, 0.25) is 0 Å². The van der Waals surface area contributed by atoms with Gasteiger partial charge in [-0.3, -0.25) is 0 Å². The Morgan fingerprint density at radius 2 is 2.07 bits per heavy atom. The van der Waals surface area contributed by atoms with Crippen LogP contribution in [0.5, 0.6) is 0 Å². The molecule has 2 nitrogen and oxygen atoms in total. The van der Waals surface area contributed by atoms with Crippen molar-refractivity contribution in [2.24, 2.45) is 11.8 Å². The van der Waals surface area contributed by atoms with Crippen LogP contribution in [0.15, 0.2) is 0 Å². The molecule has 1 aliphatic carbocycles. The second-order valence-electron chi connectivity index (χ2n) is 4.32. The molecule has 1 rings (SSSR count). The number of aliphatic hydroxyl groups is 2. The predicted octanol–water partition coefficient (Wildman–Crippen LogP) is 1.56. The third-order valence-corrected chi connectivity index (χ3v) is 3.04. The van der Waals surface area contributed by atoms with E-state index in [2.05, 4.69) is 12.8 Å². The summed E-state index contributed by atoms with van der Waals surface area (Å²) in [5.74, 6) is 3.78. The fraction of sp³-hybridized carbons (Fsp3) is 0.833. The number of terminal acetylenes is 1. The average Bonchev–Trinajstić information content (AvgIpc) is 2.84. The third kappa shape index (κ3) is 3.32. The number of rotatable bonds is 6. The van der Waals surface area contributed by atoms with Gasteiger partial charge in [-0.05, 0) is 24.7 Å². The van der Waals surface area contributed by atoms with E-state index in [0.29, 0.717) is 12.3 Å². The molecule has 1 fully saturated rings. The molecule has 80 valence electrons. The van der Waals surface area contributed by atoms with Gasteiger partial charge in [-0.1, -0.05) is 19.8 Å². The normalized spacial score (nSPS) is 29.3. The number of hydrogen-bond donors (Lipinski definition) is 2. The average molecular weight is 196 g/mol. The van der Waals surface area contributed by atoms with Crippen LogP contribution in [-0.4, -0.2) is 22.4 Å². The van der Waals surface area contributed by atoms with Gasteiger partial charge < -0.3 is 10.2 Å². The first kappa shape index (κ1) is 11.6. The van der Waals surface area contributed by atoms with Crippen molar-refractivity contribution in [3.05, 3.63) is 0 Å². The van der Waals surface area contributed by atoms with Crippen LogP contribution >= 0.6 is 0 Å². The highest BCUT2D eigenvalue weighted by molar-refractivity contribution is 4.93. The molecule has 0 aromatic heterocycles. The largest absolute Gasteiger partial charge is 0.390 e. The van der Waals surface area contributed by atoms with Crippen molar-refractivity contribution in [1.82, 2.24) is 0 Å². The molecule has 0 aliphatic heterocycles. The lowest BCUT2D eigenvalue weighted by Crippen LogP contribution is -2.26. The van der Waals surface area contributed by atoms with E-state index in [0.717, 1.165) is 5.92 Å². The summed E-state index contributed by atoms with van der Waals surface area (Å²) in [6.45, 7) is 2.18. The third-order valence-electron chi connectivity index (χ3n) is 3.04. The van der Waals surface area contributed by atoms with Crippen molar-refractivity contribution in [3.63, 3.8) is 0 Å². The summed E-state index contributed by atoms with van der Waals surface area (Å²) in [6.07, 6.45) is 8.36. The molecule has 14 heavy (non-hydrogen) atoms. The van der Waals surface area contributed by atoms with Crippen LogP contribution in [0.3, 0.4) is 0 Å². The first-order valence-corrected chi connectivity index (χ1v) is 5.48. The predicted molar refractivity (Wildman–Crippen MR) is 56.6 cm³/mol. The first-order chi connectivity index (χ1) is 6.69. The van der Waals surface area contributed by atoms with Gasteiger partial charge in [0, 0.05) is 6.42 Å². The van der Waals surface area contributed by atoms with Crippen molar-refractivity contribution in [1.29, 1.82) is 0 Å². The van der Waals surface area contributed by atoms with E-state index in [1.165, 1.54) is 19.3 Å². The molecule has 2 heteroatoms. The number of aliphatic hydroxyl groups excluding tert-OH is 2. The summed E-state index contributed by atoms with van der Waals surface area (Å²) in [5, 5.41) is 19.0. The van der Waals surface area contributed by atoms with Crippen LogP contribution in [0, 0.1) is 24.2 Å². The first-order valence-electron chi connectivity index (χ1n) is 5.48. The molecule has 0 aromatic rings. The molecule has 0 radical (unpaired) electrons. The van der Waals surface area contributed by atoms with E-state index in [-0.39, 0.29) is 6.42 Å². The van der Waals surface area contributed by atoms with E-state index in [1.54, 1.807) is 0 Å². The van der Waals surface area contributed by atoms with E-state index in [4.69, 9.17) is 6.42 Å². The maximum atomic E-state index is 9.60.